The molecule has 0 spiro atoms. The van der Waals surface area contributed by atoms with Gasteiger partial charge in [0.2, 0.25) is 5.91 Å². The number of amides is 1. The predicted octanol–water partition coefficient (Wildman–Crippen LogP) is 3.94. The molecule has 2 aromatic carbocycles. The maximum absolute atomic E-state index is 12.1. The van der Waals surface area contributed by atoms with Crippen molar-refractivity contribution in [1.82, 2.24) is 9.97 Å². The summed E-state index contributed by atoms with van der Waals surface area (Å²) in [5.41, 5.74) is 3.72. The van der Waals surface area contributed by atoms with Crippen LogP contribution >= 0.6 is 0 Å². The lowest BCUT2D eigenvalue weighted by Gasteiger charge is -2.28. The Morgan fingerprint density at radius 3 is 2.61 bits per heavy atom. The average molecular weight is 441 g/mol. The highest BCUT2D eigenvalue weighted by molar-refractivity contribution is 5.95. The summed E-state index contributed by atoms with van der Waals surface area (Å²) in [6.45, 7) is 3.31. The van der Waals surface area contributed by atoms with E-state index in [-0.39, 0.29) is 11.8 Å². The first-order valence-corrected chi connectivity index (χ1v) is 11.1. The molecule has 2 fully saturated rings. The average Bonchev–Trinajstić information content (AvgIpc) is 3.71. The summed E-state index contributed by atoms with van der Waals surface area (Å²) >= 11 is 0. The summed E-state index contributed by atoms with van der Waals surface area (Å²) in [7, 11) is 0. The first-order chi connectivity index (χ1) is 16.2. The number of nitrogens with one attached hydrogen (secondary N) is 2. The van der Waals surface area contributed by atoms with E-state index in [1.807, 2.05) is 18.2 Å². The van der Waals surface area contributed by atoms with Gasteiger partial charge in [-0.3, -0.25) is 4.79 Å². The molecule has 8 nitrogen and oxygen atoms in total. The molecule has 5 rings (SSSR count). The van der Waals surface area contributed by atoms with Crippen LogP contribution in [-0.4, -0.2) is 42.2 Å². The largest absolute Gasteiger partial charge is 0.378 e. The molecule has 0 radical (unpaired) electrons. The lowest BCUT2D eigenvalue weighted by molar-refractivity contribution is -0.117. The van der Waals surface area contributed by atoms with Crippen LogP contribution in [0.3, 0.4) is 0 Å². The van der Waals surface area contributed by atoms with Crippen LogP contribution in [-0.2, 0) is 9.53 Å². The Kier molecular flexibility index (Phi) is 5.87. The van der Waals surface area contributed by atoms with Gasteiger partial charge in [-0.1, -0.05) is 0 Å². The van der Waals surface area contributed by atoms with E-state index in [2.05, 4.69) is 43.7 Å². The zero-order valence-electron chi connectivity index (χ0n) is 18.1. The van der Waals surface area contributed by atoms with Crippen LogP contribution in [0.4, 0.5) is 22.9 Å². The van der Waals surface area contributed by atoms with Crippen molar-refractivity contribution in [2.75, 3.05) is 41.8 Å². The number of carbonyl (C=O) groups is 1. The summed E-state index contributed by atoms with van der Waals surface area (Å²) in [6, 6.07) is 17.4. The van der Waals surface area contributed by atoms with Crippen molar-refractivity contribution in [3.05, 3.63) is 60.3 Å². The second-order valence-corrected chi connectivity index (χ2v) is 8.17. The third kappa shape index (κ3) is 4.94. The van der Waals surface area contributed by atoms with Crippen molar-refractivity contribution in [2.45, 2.75) is 12.8 Å². The third-order valence-corrected chi connectivity index (χ3v) is 5.78. The molecule has 0 unspecified atom stereocenters. The van der Waals surface area contributed by atoms with Crippen molar-refractivity contribution >= 4 is 28.8 Å². The molecule has 1 saturated heterocycles. The van der Waals surface area contributed by atoms with E-state index in [0.717, 1.165) is 44.8 Å². The SMILES string of the molecule is N#Cc1cc(-c2nccc(Nc3ccc(N4CCOCC4)cc3)n2)ccc1NC(=O)C1CC1. The summed E-state index contributed by atoms with van der Waals surface area (Å²) < 4.78 is 5.42. The van der Waals surface area contributed by atoms with Crippen molar-refractivity contribution in [2.24, 2.45) is 5.92 Å². The minimum atomic E-state index is -0.0265. The van der Waals surface area contributed by atoms with Crippen molar-refractivity contribution in [3.8, 4) is 17.5 Å². The number of nitrogens with zero attached hydrogens (tertiary/aromatic N) is 4. The van der Waals surface area contributed by atoms with E-state index >= 15 is 0 Å². The molecule has 0 atom stereocenters. The minimum Gasteiger partial charge on any atom is -0.378 e. The van der Waals surface area contributed by atoms with Gasteiger partial charge in [-0.05, 0) is 61.4 Å². The van der Waals surface area contributed by atoms with Crippen LogP contribution in [0.1, 0.15) is 18.4 Å². The summed E-state index contributed by atoms with van der Waals surface area (Å²) in [6.07, 6.45) is 3.51. The Hall–Kier alpha value is -3.96. The Bertz CT molecular complexity index is 1190. The zero-order valence-corrected chi connectivity index (χ0v) is 18.1. The molecular formula is C25H24N6O2. The number of morpholine rings is 1. The molecule has 1 aliphatic heterocycles. The van der Waals surface area contributed by atoms with Crippen molar-refractivity contribution in [3.63, 3.8) is 0 Å². The Labute approximate surface area is 192 Å². The number of hydrogen-bond acceptors (Lipinski definition) is 7. The standard InChI is InChI=1S/C25H24N6O2/c26-16-19-15-18(3-8-22(19)29-25(32)17-1-2-17)24-27-10-9-23(30-24)28-20-4-6-21(7-5-20)31-11-13-33-14-12-31/h3-10,15,17H,1-2,11-14H2,(H,29,32)(H,27,28,30). The maximum atomic E-state index is 12.1. The van der Waals surface area contributed by atoms with Crippen LogP contribution in [0, 0.1) is 17.2 Å². The van der Waals surface area contributed by atoms with E-state index in [1.54, 1.807) is 24.4 Å². The zero-order chi connectivity index (χ0) is 22.6. The van der Waals surface area contributed by atoms with E-state index < -0.39 is 0 Å². The fraction of sp³-hybridized carbons (Fsp3) is 0.280. The number of rotatable bonds is 6. The Morgan fingerprint density at radius 1 is 1.09 bits per heavy atom. The summed E-state index contributed by atoms with van der Waals surface area (Å²) in [5.74, 6) is 1.21. The molecule has 33 heavy (non-hydrogen) atoms. The van der Waals surface area contributed by atoms with Gasteiger partial charge in [-0.15, -0.1) is 0 Å². The minimum absolute atomic E-state index is 0.0265. The van der Waals surface area contributed by atoms with Crippen LogP contribution in [0.5, 0.6) is 0 Å². The van der Waals surface area contributed by atoms with Gasteiger partial charge in [0, 0.05) is 42.1 Å². The molecular weight excluding hydrogens is 416 g/mol. The van der Waals surface area contributed by atoms with Gasteiger partial charge < -0.3 is 20.3 Å². The third-order valence-electron chi connectivity index (χ3n) is 5.78. The molecule has 1 saturated carbocycles. The number of anilines is 4. The molecule has 8 heteroatoms. The normalized spacial score (nSPS) is 15.5. The predicted molar refractivity (Wildman–Crippen MR) is 126 cm³/mol. The molecule has 0 bridgehead atoms. The number of benzene rings is 2. The van der Waals surface area contributed by atoms with Crippen molar-refractivity contribution in [1.29, 1.82) is 5.26 Å². The van der Waals surface area contributed by atoms with Crippen LogP contribution in [0.2, 0.25) is 0 Å². The lowest BCUT2D eigenvalue weighted by atomic mass is 10.1. The molecule has 3 aromatic rings. The van der Waals surface area contributed by atoms with Gasteiger partial charge in [0.25, 0.3) is 0 Å². The number of carbonyl (C=O) groups excluding carboxylic acids is 1. The summed E-state index contributed by atoms with van der Waals surface area (Å²) in [5, 5.41) is 15.7. The van der Waals surface area contributed by atoms with Crippen molar-refractivity contribution < 1.29 is 9.53 Å². The number of aromatic nitrogens is 2. The lowest BCUT2D eigenvalue weighted by Crippen LogP contribution is -2.36. The number of nitriles is 1. The fourth-order valence-electron chi connectivity index (χ4n) is 3.76. The highest BCUT2D eigenvalue weighted by atomic mass is 16.5. The van der Waals surface area contributed by atoms with Crippen LogP contribution < -0.4 is 15.5 Å². The second-order valence-electron chi connectivity index (χ2n) is 8.17. The number of ether oxygens (including phenoxy) is 1. The molecule has 2 heterocycles. The van der Waals surface area contributed by atoms with Gasteiger partial charge >= 0.3 is 0 Å². The monoisotopic (exact) mass is 440 g/mol. The van der Waals surface area contributed by atoms with E-state index in [9.17, 15) is 10.1 Å². The second kappa shape index (κ2) is 9.27. The van der Waals surface area contributed by atoms with Gasteiger partial charge in [-0.25, -0.2) is 9.97 Å². The van der Waals surface area contributed by atoms with E-state index in [4.69, 9.17) is 4.74 Å². The Balaban J connectivity index is 1.30. The first-order valence-electron chi connectivity index (χ1n) is 11.1. The van der Waals surface area contributed by atoms with Gasteiger partial charge in [0.15, 0.2) is 5.82 Å². The molecule has 166 valence electrons. The molecule has 2 aliphatic rings. The highest BCUT2D eigenvalue weighted by Crippen LogP contribution is 2.31. The highest BCUT2D eigenvalue weighted by Gasteiger charge is 2.30. The fourth-order valence-corrected chi connectivity index (χ4v) is 3.76. The van der Waals surface area contributed by atoms with Gasteiger partial charge in [-0.2, -0.15) is 5.26 Å². The van der Waals surface area contributed by atoms with Crippen LogP contribution in [0.15, 0.2) is 54.7 Å². The topological polar surface area (TPSA) is 103 Å². The molecule has 1 amide bonds. The van der Waals surface area contributed by atoms with Gasteiger partial charge in [0.05, 0.1) is 24.5 Å². The smallest absolute Gasteiger partial charge is 0.227 e. The van der Waals surface area contributed by atoms with Crippen LogP contribution in [0.25, 0.3) is 11.4 Å². The molecule has 2 N–H and O–H groups in total. The van der Waals surface area contributed by atoms with Gasteiger partial charge in [0.1, 0.15) is 11.9 Å². The van der Waals surface area contributed by atoms with E-state index in [1.165, 1.54) is 5.69 Å². The molecule has 1 aromatic heterocycles. The number of hydrogen-bond donors (Lipinski definition) is 2. The summed E-state index contributed by atoms with van der Waals surface area (Å²) in [4.78, 5) is 23.3. The Morgan fingerprint density at radius 2 is 1.88 bits per heavy atom. The maximum Gasteiger partial charge on any atom is 0.227 e. The quantitative estimate of drug-likeness (QED) is 0.598. The molecule has 1 aliphatic carbocycles. The first kappa shape index (κ1) is 20.9. The van der Waals surface area contributed by atoms with E-state index in [0.29, 0.717) is 28.5 Å².